The van der Waals surface area contributed by atoms with Gasteiger partial charge in [0, 0.05) is 0 Å². The van der Waals surface area contributed by atoms with Crippen molar-refractivity contribution in [3.63, 3.8) is 0 Å². The Bertz CT molecular complexity index is 732. The van der Waals surface area contributed by atoms with Gasteiger partial charge in [-0.25, -0.2) is 4.79 Å². The number of rotatable bonds is 4. The minimum atomic E-state index is -0.424. The van der Waals surface area contributed by atoms with E-state index in [0.29, 0.717) is 17.1 Å². The Morgan fingerprint density at radius 2 is 2.08 bits per heavy atom. The molecular formula is C19H22O5. The maximum atomic E-state index is 11.9. The van der Waals surface area contributed by atoms with Gasteiger partial charge >= 0.3 is 5.97 Å². The minimum Gasteiger partial charge on any atom is -0.507 e. The molecule has 1 fully saturated rings. The largest absolute Gasteiger partial charge is 0.507 e. The van der Waals surface area contributed by atoms with Crippen molar-refractivity contribution in [2.24, 2.45) is 11.8 Å². The summed E-state index contributed by atoms with van der Waals surface area (Å²) in [5, 5.41) is 29.6. The molecule has 3 unspecified atom stereocenters. The molecule has 3 atom stereocenters. The van der Waals surface area contributed by atoms with Crippen LogP contribution in [-0.4, -0.2) is 27.9 Å². The molecule has 0 amide bonds. The van der Waals surface area contributed by atoms with Gasteiger partial charge in [-0.1, -0.05) is 25.1 Å². The van der Waals surface area contributed by atoms with Gasteiger partial charge in [0.05, 0.1) is 17.7 Å². The highest BCUT2D eigenvalue weighted by atomic mass is 16.5. The number of aromatic hydroxyl groups is 2. The maximum Gasteiger partial charge on any atom is 0.338 e. The summed E-state index contributed by atoms with van der Waals surface area (Å²) in [5.74, 6) is 0.0337. The van der Waals surface area contributed by atoms with Gasteiger partial charge in [0.2, 0.25) is 0 Å². The SMILES string of the molecule is C/C=C\C1=C(C2C(C)CC2c2ccc(O)c(CO)c2O)COC1=O. The summed E-state index contributed by atoms with van der Waals surface area (Å²) >= 11 is 0. The molecule has 128 valence electrons. The summed E-state index contributed by atoms with van der Waals surface area (Å²) in [4.78, 5) is 11.9. The molecule has 1 aliphatic heterocycles. The van der Waals surface area contributed by atoms with Crippen LogP contribution < -0.4 is 0 Å². The van der Waals surface area contributed by atoms with Crippen LogP contribution in [0.25, 0.3) is 0 Å². The number of hydrogen-bond donors (Lipinski definition) is 3. The quantitative estimate of drug-likeness (QED) is 0.739. The second-order valence-electron chi connectivity index (χ2n) is 6.52. The van der Waals surface area contributed by atoms with E-state index in [4.69, 9.17) is 4.74 Å². The Balaban J connectivity index is 2.01. The topological polar surface area (TPSA) is 87.0 Å². The second-order valence-corrected chi connectivity index (χ2v) is 6.52. The Morgan fingerprint density at radius 3 is 2.71 bits per heavy atom. The van der Waals surface area contributed by atoms with E-state index < -0.39 is 6.61 Å². The molecule has 5 heteroatoms. The van der Waals surface area contributed by atoms with Crippen LogP contribution in [0.2, 0.25) is 0 Å². The molecule has 3 rings (SSSR count). The molecule has 1 aromatic rings. The van der Waals surface area contributed by atoms with Gasteiger partial charge in [-0.3, -0.25) is 0 Å². The molecule has 1 heterocycles. The molecule has 1 aromatic carbocycles. The lowest BCUT2D eigenvalue weighted by Gasteiger charge is -2.44. The number of ether oxygens (including phenoxy) is 1. The molecule has 1 aliphatic carbocycles. The molecular weight excluding hydrogens is 308 g/mol. The van der Waals surface area contributed by atoms with Crippen molar-refractivity contribution in [2.75, 3.05) is 6.61 Å². The summed E-state index contributed by atoms with van der Waals surface area (Å²) in [5.41, 5.74) is 2.43. The minimum absolute atomic E-state index is 0.0376. The number of allylic oxidation sites excluding steroid dienone is 1. The zero-order valence-corrected chi connectivity index (χ0v) is 13.8. The number of cyclic esters (lactones) is 1. The van der Waals surface area contributed by atoms with Crippen molar-refractivity contribution in [1.29, 1.82) is 0 Å². The molecule has 1 saturated carbocycles. The molecule has 0 saturated heterocycles. The van der Waals surface area contributed by atoms with Crippen LogP contribution in [0, 0.1) is 11.8 Å². The Kier molecular flexibility index (Phi) is 4.37. The van der Waals surface area contributed by atoms with E-state index in [2.05, 4.69) is 6.92 Å². The summed E-state index contributed by atoms with van der Waals surface area (Å²) in [6.07, 6.45) is 4.47. The van der Waals surface area contributed by atoms with Gasteiger partial charge in [-0.05, 0) is 48.3 Å². The third-order valence-electron chi connectivity index (χ3n) is 5.18. The van der Waals surface area contributed by atoms with Gasteiger partial charge in [-0.15, -0.1) is 0 Å². The lowest BCUT2D eigenvalue weighted by atomic mass is 9.59. The average Bonchev–Trinajstić information content (AvgIpc) is 2.88. The van der Waals surface area contributed by atoms with Crippen LogP contribution in [-0.2, 0) is 16.1 Å². The van der Waals surface area contributed by atoms with Crippen molar-refractivity contribution in [1.82, 2.24) is 0 Å². The third kappa shape index (κ3) is 2.49. The lowest BCUT2D eigenvalue weighted by molar-refractivity contribution is -0.135. The first-order valence-corrected chi connectivity index (χ1v) is 8.17. The molecule has 0 aromatic heterocycles. The van der Waals surface area contributed by atoms with Gasteiger partial charge in [0.15, 0.2) is 0 Å². The number of phenols is 2. The van der Waals surface area contributed by atoms with Crippen molar-refractivity contribution in [3.8, 4) is 11.5 Å². The smallest absolute Gasteiger partial charge is 0.338 e. The van der Waals surface area contributed by atoms with Gasteiger partial charge < -0.3 is 20.1 Å². The standard InChI is InChI=1S/C19H22O5/c1-3-4-12-15(9-24-19(12)23)17-10(2)7-13(17)11-5-6-16(21)14(8-20)18(11)22/h3-6,10,13,17,20-22H,7-9H2,1-2H3/b4-3-. The van der Waals surface area contributed by atoms with Crippen LogP contribution >= 0.6 is 0 Å². The van der Waals surface area contributed by atoms with E-state index in [0.717, 1.165) is 12.0 Å². The van der Waals surface area contributed by atoms with E-state index >= 15 is 0 Å². The molecule has 0 spiro atoms. The fourth-order valence-corrected chi connectivity index (χ4v) is 3.95. The van der Waals surface area contributed by atoms with Gasteiger partial charge in [0.1, 0.15) is 18.1 Å². The van der Waals surface area contributed by atoms with E-state index in [-0.39, 0.29) is 41.5 Å². The molecule has 2 aliphatic rings. The van der Waals surface area contributed by atoms with Crippen LogP contribution in [0.15, 0.2) is 35.4 Å². The van der Waals surface area contributed by atoms with Crippen molar-refractivity contribution < 1.29 is 24.9 Å². The molecule has 24 heavy (non-hydrogen) atoms. The summed E-state index contributed by atoms with van der Waals surface area (Å²) in [7, 11) is 0. The van der Waals surface area contributed by atoms with Crippen molar-refractivity contribution in [3.05, 3.63) is 46.6 Å². The summed E-state index contributed by atoms with van der Waals surface area (Å²) in [6.45, 7) is 3.84. The molecule has 3 N–H and O–H groups in total. The normalized spacial score (nSPS) is 26.8. The average molecular weight is 330 g/mol. The fraction of sp³-hybridized carbons (Fsp3) is 0.421. The number of hydrogen-bond acceptors (Lipinski definition) is 5. The first-order valence-electron chi connectivity index (χ1n) is 8.17. The van der Waals surface area contributed by atoms with Crippen LogP contribution in [0.4, 0.5) is 0 Å². The second kappa shape index (κ2) is 6.32. The van der Waals surface area contributed by atoms with Gasteiger partial charge in [-0.2, -0.15) is 0 Å². The molecule has 0 radical (unpaired) electrons. The zero-order chi connectivity index (χ0) is 17.4. The van der Waals surface area contributed by atoms with E-state index in [1.165, 1.54) is 6.07 Å². The highest BCUT2D eigenvalue weighted by Gasteiger charge is 2.45. The zero-order valence-electron chi connectivity index (χ0n) is 13.8. The summed E-state index contributed by atoms with van der Waals surface area (Å²) in [6, 6.07) is 3.19. The van der Waals surface area contributed by atoms with E-state index in [9.17, 15) is 20.1 Å². The number of aliphatic hydroxyl groups excluding tert-OH is 1. The summed E-state index contributed by atoms with van der Waals surface area (Å²) < 4.78 is 5.21. The maximum absolute atomic E-state index is 11.9. The number of esters is 1. The van der Waals surface area contributed by atoms with Crippen molar-refractivity contribution >= 4 is 5.97 Å². The number of carbonyl (C=O) groups is 1. The Hall–Kier alpha value is -2.27. The molecule has 5 nitrogen and oxygen atoms in total. The third-order valence-corrected chi connectivity index (χ3v) is 5.18. The number of benzene rings is 1. The van der Waals surface area contributed by atoms with Gasteiger partial charge in [0.25, 0.3) is 0 Å². The van der Waals surface area contributed by atoms with Crippen LogP contribution in [0.5, 0.6) is 11.5 Å². The lowest BCUT2D eigenvalue weighted by Crippen LogP contribution is -2.35. The van der Waals surface area contributed by atoms with E-state index in [1.54, 1.807) is 12.1 Å². The first-order chi connectivity index (χ1) is 11.5. The highest BCUT2D eigenvalue weighted by Crippen LogP contribution is 2.55. The fourth-order valence-electron chi connectivity index (χ4n) is 3.95. The van der Waals surface area contributed by atoms with E-state index in [1.807, 2.05) is 13.0 Å². The van der Waals surface area contributed by atoms with Crippen LogP contribution in [0.1, 0.15) is 37.3 Å². The monoisotopic (exact) mass is 330 g/mol. The molecule has 0 bridgehead atoms. The predicted octanol–water partition coefficient (Wildman–Crippen LogP) is 2.76. The Morgan fingerprint density at radius 1 is 1.33 bits per heavy atom. The predicted molar refractivity (Wildman–Crippen MR) is 88.5 cm³/mol. The van der Waals surface area contributed by atoms with Crippen LogP contribution in [0.3, 0.4) is 0 Å². The first kappa shape index (κ1) is 16.6. The van der Waals surface area contributed by atoms with Crippen molar-refractivity contribution in [2.45, 2.75) is 32.8 Å². The Labute approximate surface area is 140 Å². The number of carbonyl (C=O) groups excluding carboxylic acids is 1. The highest BCUT2D eigenvalue weighted by molar-refractivity contribution is 5.95. The number of aliphatic hydroxyl groups is 1.